The molecular formula is C24H28F3N5O. The van der Waals surface area contributed by atoms with Crippen LogP contribution in [0.1, 0.15) is 52.6 Å². The van der Waals surface area contributed by atoms with E-state index in [1.54, 1.807) is 19.3 Å². The first-order chi connectivity index (χ1) is 15.6. The largest absolute Gasteiger partial charge is 0.416 e. The van der Waals surface area contributed by atoms with E-state index in [0.717, 1.165) is 29.0 Å². The summed E-state index contributed by atoms with van der Waals surface area (Å²) in [5.74, 6) is -0.0293. The van der Waals surface area contributed by atoms with Crippen molar-refractivity contribution in [3.05, 3.63) is 76.8 Å². The molecule has 3 N–H and O–H groups in total. The van der Waals surface area contributed by atoms with E-state index in [-0.39, 0.29) is 24.4 Å². The van der Waals surface area contributed by atoms with Crippen molar-refractivity contribution in [3.63, 3.8) is 0 Å². The van der Waals surface area contributed by atoms with Crippen LogP contribution in [0.15, 0.2) is 53.8 Å². The molecular weight excluding hydrogens is 431 g/mol. The third kappa shape index (κ3) is 5.78. The van der Waals surface area contributed by atoms with Crippen molar-refractivity contribution in [2.45, 2.75) is 39.2 Å². The molecule has 1 aliphatic rings. The molecule has 1 atom stereocenters. The zero-order valence-corrected chi connectivity index (χ0v) is 18.9. The van der Waals surface area contributed by atoms with Gasteiger partial charge in [-0.15, -0.1) is 0 Å². The van der Waals surface area contributed by atoms with Crippen LogP contribution in [0.5, 0.6) is 0 Å². The maximum atomic E-state index is 12.9. The molecule has 9 heteroatoms. The van der Waals surface area contributed by atoms with Crippen LogP contribution in [-0.2, 0) is 19.3 Å². The first-order valence-corrected chi connectivity index (χ1v) is 10.6. The first kappa shape index (κ1) is 24.4. The third-order valence-electron chi connectivity index (χ3n) is 5.61. The molecule has 33 heavy (non-hydrogen) atoms. The molecule has 0 fully saturated rings. The monoisotopic (exact) mass is 459 g/mol. The third-order valence-corrected chi connectivity index (χ3v) is 5.61. The van der Waals surface area contributed by atoms with Gasteiger partial charge in [-0.1, -0.05) is 26.0 Å². The van der Waals surface area contributed by atoms with Gasteiger partial charge in [0.05, 0.1) is 35.1 Å². The number of carbonyl (C=O) groups is 1. The summed E-state index contributed by atoms with van der Waals surface area (Å²) >= 11 is 0. The molecule has 1 aliphatic heterocycles. The highest BCUT2D eigenvalue weighted by atomic mass is 19.4. The van der Waals surface area contributed by atoms with Crippen molar-refractivity contribution in [2.75, 3.05) is 13.6 Å². The molecule has 1 aromatic carbocycles. The number of hydrogen-bond acceptors (Lipinski definition) is 5. The molecule has 0 bridgehead atoms. The number of rotatable bonds is 7. The Hall–Kier alpha value is -3.20. The second-order valence-corrected chi connectivity index (χ2v) is 8.31. The van der Waals surface area contributed by atoms with Gasteiger partial charge < -0.3 is 11.1 Å². The molecule has 0 aliphatic carbocycles. The fourth-order valence-electron chi connectivity index (χ4n) is 4.05. The SMILES string of the molecule is CN=C(/C=C/N)CNC(=O)c1cnc2c(c1)CN(Cc1ccc(C(F)(F)F)cc1)[C@H]2C(C)C. The summed E-state index contributed by atoms with van der Waals surface area (Å²) in [4.78, 5) is 23.4. The van der Waals surface area contributed by atoms with Gasteiger partial charge in [0.2, 0.25) is 0 Å². The second kappa shape index (κ2) is 10.2. The van der Waals surface area contributed by atoms with Gasteiger partial charge in [-0.3, -0.25) is 19.7 Å². The fraction of sp³-hybridized carbons (Fsp3) is 0.375. The van der Waals surface area contributed by atoms with Crippen LogP contribution in [0.4, 0.5) is 13.2 Å². The van der Waals surface area contributed by atoms with Gasteiger partial charge in [-0.2, -0.15) is 13.2 Å². The van der Waals surface area contributed by atoms with Crippen LogP contribution in [0, 0.1) is 5.92 Å². The summed E-state index contributed by atoms with van der Waals surface area (Å²) in [6.45, 7) is 5.46. The number of amides is 1. The number of nitrogens with one attached hydrogen (secondary N) is 1. The Labute approximate surface area is 191 Å². The lowest BCUT2D eigenvalue weighted by atomic mass is 9.99. The van der Waals surface area contributed by atoms with E-state index >= 15 is 0 Å². The quantitative estimate of drug-likeness (QED) is 0.611. The smallest absolute Gasteiger partial charge is 0.405 e. The summed E-state index contributed by atoms with van der Waals surface area (Å²) in [6, 6.07) is 7.08. The summed E-state index contributed by atoms with van der Waals surface area (Å²) in [7, 11) is 1.62. The molecule has 176 valence electrons. The molecule has 0 saturated heterocycles. The van der Waals surface area contributed by atoms with Crippen LogP contribution in [-0.4, -0.2) is 35.1 Å². The summed E-state index contributed by atoms with van der Waals surface area (Å²) < 4.78 is 38.6. The Morgan fingerprint density at radius 3 is 2.61 bits per heavy atom. The lowest BCUT2D eigenvalue weighted by molar-refractivity contribution is -0.137. The number of hydrogen-bond donors (Lipinski definition) is 2. The maximum absolute atomic E-state index is 12.9. The topological polar surface area (TPSA) is 83.6 Å². The van der Waals surface area contributed by atoms with Crippen molar-refractivity contribution in [3.8, 4) is 0 Å². The predicted molar refractivity (Wildman–Crippen MR) is 122 cm³/mol. The molecule has 1 amide bonds. The standard InChI is InChI=1S/C24H28F3N5O/c1-15(2)22-21-18(10-17(11-30-21)23(33)31-12-20(29-3)8-9-28)14-32(22)13-16-4-6-19(7-5-16)24(25,26)27/h4-11,15,22H,12-14,28H2,1-3H3,(H,31,33)/b9-8+,29-20?/t22-/m0/s1. The minimum Gasteiger partial charge on any atom is -0.405 e. The minimum absolute atomic E-state index is 0.00734. The van der Waals surface area contributed by atoms with Crippen LogP contribution >= 0.6 is 0 Å². The fourth-order valence-corrected chi connectivity index (χ4v) is 4.05. The molecule has 0 unspecified atom stereocenters. The molecule has 0 spiro atoms. The van der Waals surface area contributed by atoms with E-state index in [1.165, 1.54) is 18.3 Å². The van der Waals surface area contributed by atoms with Gasteiger partial charge in [0, 0.05) is 26.3 Å². The van der Waals surface area contributed by atoms with Gasteiger partial charge in [0.15, 0.2) is 0 Å². The number of aromatic nitrogens is 1. The number of benzene rings is 1. The van der Waals surface area contributed by atoms with E-state index in [2.05, 4.69) is 34.0 Å². The molecule has 2 aromatic rings. The number of carbonyl (C=O) groups excluding carboxylic acids is 1. The molecule has 1 aromatic heterocycles. The summed E-state index contributed by atoms with van der Waals surface area (Å²) in [5.41, 5.74) is 8.44. The lowest BCUT2D eigenvalue weighted by Gasteiger charge is -2.27. The van der Waals surface area contributed by atoms with Crippen molar-refractivity contribution >= 4 is 11.6 Å². The first-order valence-electron chi connectivity index (χ1n) is 10.6. The molecule has 3 rings (SSSR count). The number of pyridine rings is 1. The Balaban J connectivity index is 1.75. The highest BCUT2D eigenvalue weighted by Gasteiger charge is 2.35. The van der Waals surface area contributed by atoms with Crippen LogP contribution < -0.4 is 11.1 Å². The van der Waals surface area contributed by atoms with Crippen LogP contribution in [0.3, 0.4) is 0 Å². The number of nitrogens with two attached hydrogens (primary N) is 1. The van der Waals surface area contributed by atoms with Gasteiger partial charge >= 0.3 is 6.18 Å². The summed E-state index contributed by atoms with van der Waals surface area (Å²) in [5, 5.41) is 2.81. The van der Waals surface area contributed by atoms with E-state index in [0.29, 0.717) is 24.4 Å². The van der Waals surface area contributed by atoms with Gasteiger partial charge in [0.1, 0.15) is 0 Å². The van der Waals surface area contributed by atoms with E-state index in [4.69, 9.17) is 5.73 Å². The number of alkyl halides is 3. The van der Waals surface area contributed by atoms with E-state index in [1.807, 2.05) is 6.07 Å². The van der Waals surface area contributed by atoms with Crippen LogP contribution in [0.2, 0.25) is 0 Å². The highest BCUT2D eigenvalue weighted by Crippen LogP contribution is 2.39. The van der Waals surface area contributed by atoms with Crippen LogP contribution in [0.25, 0.3) is 0 Å². The van der Waals surface area contributed by atoms with E-state index < -0.39 is 11.7 Å². The van der Waals surface area contributed by atoms with Crippen molar-refractivity contribution in [1.82, 2.24) is 15.2 Å². The second-order valence-electron chi connectivity index (χ2n) is 8.31. The molecule has 0 saturated carbocycles. The summed E-state index contributed by atoms with van der Waals surface area (Å²) in [6.07, 6.45) is 0.192. The van der Waals surface area contributed by atoms with Crippen molar-refractivity contribution in [1.29, 1.82) is 0 Å². The lowest BCUT2D eigenvalue weighted by Crippen LogP contribution is -2.29. The minimum atomic E-state index is -4.35. The van der Waals surface area contributed by atoms with Crippen molar-refractivity contribution in [2.24, 2.45) is 16.6 Å². The predicted octanol–water partition coefficient (Wildman–Crippen LogP) is 4.09. The number of nitrogens with zero attached hydrogens (tertiary/aromatic N) is 3. The number of fused-ring (bicyclic) bond motifs is 1. The zero-order chi connectivity index (χ0) is 24.2. The molecule has 2 heterocycles. The van der Waals surface area contributed by atoms with Crippen molar-refractivity contribution < 1.29 is 18.0 Å². The molecule has 0 radical (unpaired) electrons. The highest BCUT2D eigenvalue weighted by molar-refractivity contribution is 6.01. The Kier molecular flexibility index (Phi) is 7.53. The normalized spacial score (nSPS) is 17.1. The Bertz CT molecular complexity index is 1050. The van der Waals surface area contributed by atoms with E-state index in [9.17, 15) is 18.0 Å². The maximum Gasteiger partial charge on any atom is 0.416 e. The van der Waals surface area contributed by atoms with Gasteiger partial charge in [0.25, 0.3) is 5.91 Å². The Morgan fingerprint density at radius 1 is 1.33 bits per heavy atom. The average Bonchev–Trinajstić information content (AvgIpc) is 3.13. The zero-order valence-electron chi connectivity index (χ0n) is 18.9. The number of aliphatic imine (C=N–C) groups is 1. The van der Waals surface area contributed by atoms with Gasteiger partial charge in [-0.25, -0.2) is 0 Å². The van der Waals surface area contributed by atoms with Gasteiger partial charge in [-0.05, 0) is 47.5 Å². The Morgan fingerprint density at radius 2 is 2.03 bits per heavy atom. The average molecular weight is 460 g/mol. The molecule has 6 nitrogen and oxygen atoms in total. The number of halogens is 3.